The molecule has 0 amide bonds. The summed E-state index contributed by atoms with van der Waals surface area (Å²) in [5.41, 5.74) is 14.3. The molecule has 236 valence electrons. The van der Waals surface area contributed by atoms with Crippen molar-refractivity contribution in [2.24, 2.45) is 0 Å². The predicted molar refractivity (Wildman–Crippen MR) is 213 cm³/mol. The molecule has 9 aromatic rings. The lowest BCUT2D eigenvalue weighted by Crippen LogP contribution is -2.04. The molecular formula is C48H34N2. The van der Waals surface area contributed by atoms with Crippen molar-refractivity contribution in [3.05, 3.63) is 168 Å². The SMILES string of the molecule is C1=Cc2c(c3cc(-n4c5c(c6cc(-c7ccc8c(c7)c7ccccc7n8-c7ccccc7)ccc64)C=CCC5)ccc3c3ccccc23)CC1. The zero-order valence-electron chi connectivity index (χ0n) is 27.7. The van der Waals surface area contributed by atoms with Gasteiger partial charge in [-0.1, -0.05) is 103 Å². The van der Waals surface area contributed by atoms with E-state index in [2.05, 4.69) is 167 Å². The standard InChI is InChI=1S/C48H34N2/c1-2-12-33(13-3-1)49-45-20-10-8-18-40(45)43-28-31(22-26-47(43)49)32-23-27-48-44(29-32)41-19-9-11-21-46(41)50(48)34-24-25-39-37-16-5-4-14-35(37)36-15-6-7-17-38(36)42(39)30-34/h1-6,8-10,12-16,18-20,22-30H,7,11,17,21H2. The van der Waals surface area contributed by atoms with Gasteiger partial charge in [0.2, 0.25) is 0 Å². The summed E-state index contributed by atoms with van der Waals surface area (Å²) in [5, 5.41) is 9.34. The van der Waals surface area contributed by atoms with E-state index >= 15 is 0 Å². The second kappa shape index (κ2) is 10.7. The molecule has 0 spiro atoms. The monoisotopic (exact) mass is 638 g/mol. The quantitative estimate of drug-likeness (QED) is 0.170. The molecule has 0 N–H and O–H groups in total. The second-order valence-electron chi connectivity index (χ2n) is 13.9. The lowest BCUT2D eigenvalue weighted by molar-refractivity contribution is 0.889. The zero-order chi connectivity index (χ0) is 32.8. The maximum atomic E-state index is 2.55. The van der Waals surface area contributed by atoms with Gasteiger partial charge in [-0.05, 0) is 124 Å². The average Bonchev–Trinajstić information content (AvgIpc) is 3.70. The first-order chi connectivity index (χ1) is 24.8. The van der Waals surface area contributed by atoms with Crippen LogP contribution in [0.2, 0.25) is 0 Å². The minimum absolute atomic E-state index is 1.04. The maximum Gasteiger partial charge on any atom is 0.0541 e. The van der Waals surface area contributed by atoms with Crippen molar-refractivity contribution in [3.63, 3.8) is 0 Å². The van der Waals surface area contributed by atoms with Crippen LogP contribution >= 0.6 is 0 Å². The molecule has 2 aromatic heterocycles. The highest BCUT2D eigenvalue weighted by molar-refractivity contribution is 6.14. The lowest BCUT2D eigenvalue weighted by Gasteiger charge is -2.20. The number of aromatic nitrogens is 2. The van der Waals surface area contributed by atoms with E-state index in [1.165, 1.54) is 99.1 Å². The summed E-state index contributed by atoms with van der Waals surface area (Å²) in [5.74, 6) is 0. The molecule has 2 heterocycles. The van der Waals surface area contributed by atoms with Crippen molar-refractivity contribution in [1.82, 2.24) is 9.13 Å². The van der Waals surface area contributed by atoms with Gasteiger partial charge in [0, 0.05) is 38.8 Å². The number of para-hydroxylation sites is 2. The predicted octanol–water partition coefficient (Wildman–Crippen LogP) is 12.6. The molecule has 7 aromatic carbocycles. The highest BCUT2D eigenvalue weighted by atomic mass is 15.0. The van der Waals surface area contributed by atoms with Gasteiger partial charge in [0.1, 0.15) is 0 Å². The Labute approximate surface area is 290 Å². The van der Waals surface area contributed by atoms with Gasteiger partial charge in [-0.15, -0.1) is 0 Å². The fourth-order valence-electron chi connectivity index (χ4n) is 9.01. The van der Waals surface area contributed by atoms with Crippen LogP contribution < -0.4 is 0 Å². The summed E-state index contributed by atoms with van der Waals surface area (Å²) in [6.45, 7) is 0. The van der Waals surface area contributed by atoms with E-state index in [1.807, 2.05) is 0 Å². The van der Waals surface area contributed by atoms with E-state index in [4.69, 9.17) is 0 Å². The summed E-state index contributed by atoms with van der Waals surface area (Å²) in [7, 11) is 0. The third kappa shape index (κ3) is 3.96. The first kappa shape index (κ1) is 27.8. The van der Waals surface area contributed by atoms with Crippen LogP contribution in [0.15, 0.2) is 146 Å². The second-order valence-corrected chi connectivity index (χ2v) is 13.9. The minimum Gasteiger partial charge on any atom is -0.313 e. The van der Waals surface area contributed by atoms with Crippen molar-refractivity contribution in [2.75, 3.05) is 0 Å². The van der Waals surface area contributed by atoms with Gasteiger partial charge >= 0.3 is 0 Å². The van der Waals surface area contributed by atoms with Gasteiger partial charge in [0.05, 0.1) is 16.6 Å². The lowest BCUT2D eigenvalue weighted by atomic mass is 9.86. The van der Waals surface area contributed by atoms with Crippen LogP contribution in [0.5, 0.6) is 0 Å². The van der Waals surface area contributed by atoms with Crippen LogP contribution in [-0.4, -0.2) is 9.13 Å². The van der Waals surface area contributed by atoms with Gasteiger partial charge in [-0.3, -0.25) is 0 Å². The largest absolute Gasteiger partial charge is 0.313 e. The summed E-state index contributed by atoms with van der Waals surface area (Å²) in [6, 6.07) is 49.7. The average molecular weight is 639 g/mol. The van der Waals surface area contributed by atoms with Crippen LogP contribution in [0.3, 0.4) is 0 Å². The molecular weight excluding hydrogens is 605 g/mol. The molecule has 2 aliphatic rings. The number of aryl methyl sites for hydroxylation is 1. The molecule has 0 aliphatic heterocycles. The van der Waals surface area contributed by atoms with E-state index in [0.29, 0.717) is 0 Å². The topological polar surface area (TPSA) is 9.86 Å². The van der Waals surface area contributed by atoms with Gasteiger partial charge in [0.25, 0.3) is 0 Å². The molecule has 0 unspecified atom stereocenters. The van der Waals surface area contributed by atoms with Gasteiger partial charge < -0.3 is 9.13 Å². The van der Waals surface area contributed by atoms with E-state index in [9.17, 15) is 0 Å². The van der Waals surface area contributed by atoms with E-state index < -0.39 is 0 Å². The Kier molecular flexibility index (Phi) is 5.94. The highest BCUT2D eigenvalue weighted by Crippen LogP contribution is 2.41. The minimum atomic E-state index is 1.04. The van der Waals surface area contributed by atoms with E-state index in [0.717, 1.165) is 25.7 Å². The van der Waals surface area contributed by atoms with Gasteiger partial charge in [-0.2, -0.15) is 0 Å². The van der Waals surface area contributed by atoms with Gasteiger partial charge in [-0.25, -0.2) is 0 Å². The van der Waals surface area contributed by atoms with Crippen molar-refractivity contribution in [2.45, 2.75) is 25.7 Å². The molecule has 0 radical (unpaired) electrons. The molecule has 0 atom stereocenters. The van der Waals surface area contributed by atoms with E-state index in [1.54, 1.807) is 0 Å². The number of hydrogen-bond acceptors (Lipinski definition) is 0. The normalized spacial score (nSPS) is 13.9. The van der Waals surface area contributed by atoms with Crippen LogP contribution in [0.1, 0.15) is 35.2 Å². The molecule has 50 heavy (non-hydrogen) atoms. The molecule has 2 aliphatic carbocycles. The first-order valence-electron chi connectivity index (χ1n) is 17.9. The van der Waals surface area contributed by atoms with E-state index in [-0.39, 0.29) is 0 Å². The molecule has 0 saturated heterocycles. The number of fused-ring (bicyclic) bond motifs is 12. The summed E-state index contributed by atoms with van der Waals surface area (Å²) in [4.78, 5) is 0. The molecule has 2 nitrogen and oxygen atoms in total. The molecule has 2 heteroatoms. The van der Waals surface area contributed by atoms with Crippen molar-refractivity contribution >= 4 is 66.4 Å². The maximum absolute atomic E-state index is 2.55. The van der Waals surface area contributed by atoms with Crippen molar-refractivity contribution in [1.29, 1.82) is 0 Å². The van der Waals surface area contributed by atoms with Crippen molar-refractivity contribution < 1.29 is 0 Å². The first-order valence-corrected chi connectivity index (χ1v) is 17.9. The third-order valence-corrected chi connectivity index (χ3v) is 11.2. The smallest absolute Gasteiger partial charge is 0.0541 e. The van der Waals surface area contributed by atoms with Crippen molar-refractivity contribution in [3.8, 4) is 22.5 Å². The molecule has 0 bridgehead atoms. The Hall–Kier alpha value is -6.12. The Balaban J connectivity index is 1.10. The summed E-state index contributed by atoms with van der Waals surface area (Å²) in [6.07, 6.45) is 13.7. The van der Waals surface area contributed by atoms with Crippen LogP contribution in [0, 0.1) is 0 Å². The highest BCUT2D eigenvalue weighted by Gasteiger charge is 2.22. The van der Waals surface area contributed by atoms with Crippen LogP contribution in [-0.2, 0) is 12.8 Å². The van der Waals surface area contributed by atoms with Crippen LogP contribution in [0.4, 0.5) is 0 Å². The number of hydrogen-bond donors (Lipinski definition) is 0. The summed E-state index contributed by atoms with van der Waals surface area (Å²) < 4.78 is 4.94. The number of rotatable bonds is 3. The number of benzene rings is 7. The van der Waals surface area contributed by atoms with Crippen LogP contribution in [0.25, 0.3) is 88.9 Å². The number of allylic oxidation sites excluding steroid dienone is 2. The molecule has 0 saturated carbocycles. The Morgan fingerprint density at radius 3 is 1.86 bits per heavy atom. The number of nitrogens with zero attached hydrogens (tertiary/aromatic N) is 2. The molecule has 11 rings (SSSR count). The third-order valence-electron chi connectivity index (χ3n) is 11.2. The fourth-order valence-corrected chi connectivity index (χ4v) is 9.01. The molecule has 0 fully saturated rings. The zero-order valence-corrected chi connectivity index (χ0v) is 27.7. The van der Waals surface area contributed by atoms with Gasteiger partial charge in [0.15, 0.2) is 0 Å². The summed E-state index contributed by atoms with van der Waals surface area (Å²) >= 11 is 0. The Morgan fingerprint density at radius 1 is 0.380 bits per heavy atom. The Morgan fingerprint density at radius 2 is 1.02 bits per heavy atom. The fraction of sp³-hybridized carbons (Fsp3) is 0.0833. The Bertz CT molecular complexity index is 2910.